The second-order valence-corrected chi connectivity index (χ2v) is 4.62. The Bertz CT molecular complexity index is 312. The van der Waals surface area contributed by atoms with Gasteiger partial charge in [-0.3, -0.25) is 0 Å². The van der Waals surface area contributed by atoms with E-state index in [0.717, 1.165) is 13.0 Å². The Morgan fingerprint density at radius 3 is 2.94 bits per heavy atom. The van der Waals surface area contributed by atoms with Gasteiger partial charge in [-0.25, -0.2) is 0 Å². The highest BCUT2D eigenvalue weighted by Crippen LogP contribution is 2.13. The highest BCUT2D eigenvalue weighted by Gasteiger charge is 2.02. The number of hydrogen-bond donors (Lipinski definition) is 1. The lowest BCUT2D eigenvalue weighted by Gasteiger charge is -2.07. The smallest absolute Gasteiger partial charge is 0.0389 e. The van der Waals surface area contributed by atoms with Crippen molar-refractivity contribution in [3.05, 3.63) is 23.8 Å². The lowest BCUT2D eigenvalue weighted by molar-refractivity contribution is 0.591. The van der Waals surface area contributed by atoms with Crippen molar-refractivity contribution in [2.24, 2.45) is 5.92 Å². The van der Waals surface area contributed by atoms with Crippen molar-refractivity contribution in [2.45, 2.75) is 46.1 Å². The summed E-state index contributed by atoms with van der Waals surface area (Å²) < 4.78 is 0. The Hall–Kier alpha value is -1.00. The molecule has 0 aromatic carbocycles. The molecule has 1 aliphatic carbocycles. The molecule has 0 spiro atoms. The quantitative estimate of drug-likeness (QED) is 0.673. The van der Waals surface area contributed by atoms with Crippen molar-refractivity contribution in [3.63, 3.8) is 0 Å². The predicted molar refractivity (Wildman–Crippen MR) is 71.2 cm³/mol. The summed E-state index contributed by atoms with van der Waals surface area (Å²) >= 11 is 0. The topological polar surface area (TPSA) is 12.0 Å². The largest absolute Gasteiger partial charge is 0.314 e. The third-order valence-electron chi connectivity index (χ3n) is 2.63. The maximum absolute atomic E-state index is 3.43. The Morgan fingerprint density at radius 1 is 1.44 bits per heavy atom. The van der Waals surface area contributed by atoms with Crippen LogP contribution in [0.2, 0.25) is 0 Å². The molecule has 1 aliphatic rings. The molecule has 16 heavy (non-hydrogen) atoms. The van der Waals surface area contributed by atoms with Crippen LogP contribution in [0.3, 0.4) is 0 Å². The Morgan fingerprint density at radius 2 is 2.25 bits per heavy atom. The molecule has 0 saturated carbocycles. The monoisotopic (exact) mass is 217 g/mol. The molecule has 1 atom stereocenters. The summed E-state index contributed by atoms with van der Waals surface area (Å²) in [6, 6.07) is 0.564. The second-order valence-electron chi connectivity index (χ2n) is 4.62. The fourth-order valence-electron chi connectivity index (χ4n) is 1.72. The summed E-state index contributed by atoms with van der Waals surface area (Å²) in [6.45, 7) is 7.60. The zero-order valence-corrected chi connectivity index (χ0v) is 10.7. The minimum absolute atomic E-state index is 0.455. The van der Waals surface area contributed by atoms with Gasteiger partial charge >= 0.3 is 0 Å². The molecule has 1 nitrogen and oxygen atoms in total. The van der Waals surface area contributed by atoms with E-state index in [2.05, 4.69) is 56.2 Å². The molecule has 0 amide bonds. The van der Waals surface area contributed by atoms with Gasteiger partial charge in [-0.15, -0.1) is 0 Å². The Balaban J connectivity index is 2.38. The summed E-state index contributed by atoms with van der Waals surface area (Å²) in [5.74, 6) is 6.90. The third-order valence-corrected chi connectivity index (χ3v) is 2.63. The van der Waals surface area contributed by atoms with Crippen LogP contribution in [0.4, 0.5) is 0 Å². The van der Waals surface area contributed by atoms with E-state index in [-0.39, 0.29) is 0 Å². The minimum Gasteiger partial charge on any atom is -0.314 e. The molecule has 0 radical (unpaired) electrons. The fraction of sp³-hybridized carbons (Fsp3) is 0.600. The van der Waals surface area contributed by atoms with Crippen LogP contribution in [0.15, 0.2) is 23.8 Å². The van der Waals surface area contributed by atoms with Gasteiger partial charge in [0.25, 0.3) is 0 Å². The van der Waals surface area contributed by atoms with Crippen LogP contribution in [0.5, 0.6) is 0 Å². The molecule has 1 heteroatoms. The number of hydrogen-bond acceptors (Lipinski definition) is 1. The molecular weight excluding hydrogens is 194 g/mol. The average Bonchev–Trinajstić information content (AvgIpc) is 2.44. The van der Waals surface area contributed by atoms with Crippen LogP contribution in [-0.2, 0) is 0 Å². The molecule has 0 heterocycles. The van der Waals surface area contributed by atoms with Crippen molar-refractivity contribution in [3.8, 4) is 11.8 Å². The third kappa shape index (κ3) is 5.19. The normalized spacial score (nSPS) is 19.0. The molecule has 0 saturated heterocycles. The first kappa shape index (κ1) is 13.1. The van der Waals surface area contributed by atoms with Crippen molar-refractivity contribution in [1.82, 2.24) is 5.32 Å². The Kier molecular flexibility index (Phi) is 5.96. The Labute approximate surface area is 100 Å². The molecule has 1 rings (SSSR count). The molecule has 0 aromatic heterocycles. The maximum Gasteiger partial charge on any atom is 0.0389 e. The molecule has 0 bridgehead atoms. The molecule has 1 N–H and O–H groups in total. The molecule has 1 unspecified atom stereocenters. The van der Waals surface area contributed by atoms with E-state index in [1.54, 1.807) is 0 Å². The predicted octanol–water partition coefficient (Wildman–Crippen LogP) is 3.29. The summed E-state index contributed by atoms with van der Waals surface area (Å²) in [4.78, 5) is 0. The van der Waals surface area contributed by atoms with E-state index in [1.165, 1.54) is 18.4 Å². The summed E-state index contributed by atoms with van der Waals surface area (Å²) in [5.41, 5.74) is 1.35. The van der Waals surface area contributed by atoms with Crippen LogP contribution < -0.4 is 5.32 Å². The van der Waals surface area contributed by atoms with E-state index in [9.17, 15) is 0 Å². The molecule has 0 fully saturated rings. The van der Waals surface area contributed by atoms with Crippen LogP contribution in [-0.4, -0.2) is 12.6 Å². The van der Waals surface area contributed by atoms with E-state index >= 15 is 0 Å². The summed E-state index contributed by atoms with van der Waals surface area (Å²) in [6.07, 6.45) is 10.00. The van der Waals surface area contributed by atoms with E-state index < -0.39 is 0 Å². The standard InChI is InChI=1S/C15H23N/c1-4-6-14-7-5-8-15(10-9-14)11-12-16-13(2)3/h8-10,13-14,16H,4,6,11-12H2,1-3H3. The highest BCUT2D eigenvalue weighted by atomic mass is 14.9. The summed E-state index contributed by atoms with van der Waals surface area (Å²) in [7, 11) is 0. The van der Waals surface area contributed by atoms with Gasteiger partial charge in [-0.1, -0.05) is 51.2 Å². The van der Waals surface area contributed by atoms with Crippen LogP contribution in [0.25, 0.3) is 0 Å². The number of rotatable bonds is 6. The number of nitrogens with one attached hydrogen (secondary N) is 1. The fourth-order valence-corrected chi connectivity index (χ4v) is 1.72. The van der Waals surface area contributed by atoms with Crippen molar-refractivity contribution in [2.75, 3.05) is 6.54 Å². The maximum atomic E-state index is 3.43. The molecule has 0 aliphatic heterocycles. The van der Waals surface area contributed by atoms with Gasteiger partial charge in [0.1, 0.15) is 0 Å². The zero-order valence-electron chi connectivity index (χ0n) is 10.7. The van der Waals surface area contributed by atoms with Crippen LogP contribution in [0, 0.1) is 17.8 Å². The van der Waals surface area contributed by atoms with Crippen molar-refractivity contribution < 1.29 is 0 Å². The van der Waals surface area contributed by atoms with Gasteiger partial charge in [0.2, 0.25) is 0 Å². The lowest BCUT2D eigenvalue weighted by atomic mass is 10.0. The van der Waals surface area contributed by atoms with E-state index in [1.807, 2.05) is 0 Å². The van der Waals surface area contributed by atoms with Crippen molar-refractivity contribution >= 4 is 0 Å². The highest BCUT2D eigenvalue weighted by molar-refractivity contribution is 5.34. The van der Waals surface area contributed by atoms with E-state index in [0.29, 0.717) is 12.0 Å². The average molecular weight is 217 g/mol. The van der Waals surface area contributed by atoms with Crippen molar-refractivity contribution in [1.29, 1.82) is 0 Å². The summed E-state index contributed by atoms with van der Waals surface area (Å²) in [5, 5.41) is 3.43. The van der Waals surface area contributed by atoms with Gasteiger partial charge in [-0.2, -0.15) is 0 Å². The lowest BCUT2D eigenvalue weighted by Crippen LogP contribution is -2.23. The molecular formula is C15H23N. The van der Waals surface area contributed by atoms with Gasteiger partial charge in [0.05, 0.1) is 0 Å². The van der Waals surface area contributed by atoms with Gasteiger partial charge in [0, 0.05) is 12.0 Å². The van der Waals surface area contributed by atoms with Crippen LogP contribution >= 0.6 is 0 Å². The van der Waals surface area contributed by atoms with Gasteiger partial charge < -0.3 is 5.32 Å². The van der Waals surface area contributed by atoms with Gasteiger partial charge in [0.15, 0.2) is 0 Å². The number of allylic oxidation sites excluding steroid dienone is 3. The SMILES string of the molecule is CCCC1C#CC=C(CCNC(C)C)C=C1. The van der Waals surface area contributed by atoms with Gasteiger partial charge in [-0.05, 0) is 31.0 Å². The molecule has 88 valence electrons. The first-order valence-corrected chi connectivity index (χ1v) is 6.34. The van der Waals surface area contributed by atoms with E-state index in [4.69, 9.17) is 0 Å². The second kappa shape index (κ2) is 7.30. The first-order valence-electron chi connectivity index (χ1n) is 6.34. The van der Waals surface area contributed by atoms with Crippen LogP contribution in [0.1, 0.15) is 40.0 Å². The minimum atomic E-state index is 0.455. The molecule has 0 aromatic rings. The first-order chi connectivity index (χ1) is 7.72. The zero-order chi connectivity index (χ0) is 11.8.